The van der Waals surface area contributed by atoms with E-state index in [1.54, 1.807) is 0 Å². The lowest BCUT2D eigenvalue weighted by Gasteiger charge is -2.10. The fraction of sp³-hybridized carbons (Fsp3) is 0.286. The monoisotopic (exact) mass is 242 g/mol. The second-order valence-corrected chi connectivity index (χ2v) is 2.87. The van der Waals surface area contributed by atoms with E-state index in [-0.39, 0.29) is 4.47 Å². The van der Waals surface area contributed by atoms with E-state index < -0.39 is 24.3 Å². The maximum absolute atomic E-state index is 12.5. The third-order valence-corrected chi connectivity index (χ3v) is 1.84. The zero-order valence-corrected chi connectivity index (χ0v) is 7.20. The minimum absolute atomic E-state index is 0.323. The summed E-state index contributed by atoms with van der Waals surface area (Å²) in [6, 6.07) is 1.05. The van der Waals surface area contributed by atoms with Crippen LogP contribution in [0, 0.1) is 6.85 Å². The molecule has 0 unspecified atom stereocenters. The average Bonchev–Trinajstić information content (AvgIpc) is 1.99. The molecule has 0 N–H and O–H groups in total. The molecule has 1 aromatic heterocycles. The van der Waals surface area contributed by atoms with Gasteiger partial charge in [-0.25, -0.2) is 0 Å². The van der Waals surface area contributed by atoms with Crippen molar-refractivity contribution in [1.82, 2.24) is 4.98 Å². The zero-order chi connectivity index (χ0) is 11.9. The van der Waals surface area contributed by atoms with Gasteiger partial charge < -0.3 is 0 Å². The Balaban J connectivity index is 3.48. The van der Waals surface area contributed by atoms with Crippen LogP contribution in [0.15, 0.2) is 16.7 Å². The summed E-state index contributed by atoms with van der Waals surface area (Å²) in [6.07, 6.45) is -3.72. The first kappa shape index (κ1) is 5.96. The lowest BCUT2D eigenvalue weighted by molar-refractivity contribution is -0.138. The minimum atomic E-state index is -4.74. The Morgan fingerprint density at radius 1 is 1.58 bits per heavy atom. The molecule has 1 nitrogen and oxygen atoms in total. The second kappa shape index (κ2) is 3.05. The summed E-state index contributed by atoms with van der Waals surface area (Å²) >= 11 is 2.67. The highest BCUT2D eigenvalue weighted by Gasteiger charge is 2.35. The van der Waals surface area contributed by atoms with Crippen LogP contribution in [0.3, 0.4) is 0 Å². The standard InChI is InChI=1S/C7H5BrF3N/c1-4-6(7(9,10)11)5(8)2-3-12-4/h2-3H,1H3/i1D3. The molecule has 0 aliphatic carbocycles. The summed E-state index contributed by atoms with van der Waals surface area (Å²) in [7, 11) is 0. The first-order valence-corrected chi connectivity index (χ1v) is 3.65. The van der Waals surface area contributed by atoms with Crippen molar-refractivity contribution < 1.29 is 17.3 Å². The molecule has 0 spiro atoms. The van der Waals surface area contributed by atoms with Crippen molar-refractivity contribution in [2.45, 2.75) is 13.0 Å². The number of aryl methyl sites for hydroxylation is 1. The van der Waals surface area contributed by atoms with Crippen LogP contribution in [0.4, 0.5) is 13.2 Å². The molecule has 0 saturated carbocycles. The van der Waals surface area contributed by atoms with E-state index >= 15 is 0 Å². The molecule has 0 aromatic carbocycles. The molecule has 5 heteroatoms. The predicted molar refractivity (Wildman–Crippen MR) is 41.7 cm³/mol. The van der Waals surface area contributed by atoms with Gasteiger partial charge in [-0.3, -0.25) is 4.98 Å². The van der Waals surface area contributed by atoms with Crippen LogP contribution < -0.4 is 0 Å². The van der Waals surface area contributed by atoms with Gasteiger partial charge in [0.2, 0.25) is 0 Å². The van der Waals surface area contributed by atoms with Gasteiger partial charge in [0.05, 0.1) is 11.3 Å². The van der Waals surface area contributed by atoms with Crippen LogP contribution in [-0.2, 0) is 6.18 Å². The summed E-state index contributed by atoms with van der Waals surface area (Å²) in [5, 5.41) is 0. The molecule has 0 atom stereocenters. The van der Waals surface area contributed by atoms with E-state index in [9.17, 15) is 13.2 Å². The quantitative estimate of drug-likeness (QED) is 0.681. The summed E-state index contributed by atoms with van der Waals surface area (Å²) in [5.74, 6) is 0. The predicted octanol–water partition coefficient (Wildman–Crippen LogP) is 3.17. The molecular formula is C7H5BrF3N. The number of pyridine rings is 1. The van der Waals surface area contributed by atoms with Crippen LogP contribution >= 0.6 is 15.9 Å². The van der Waals surface area contributed by atoms with Gasteiger partial charge in [0, 0.05) is 14.8 Å². The first-order chi connectivity index (χ1) is 6.64. The fourth-order valence-electron chi connectivity index (χ4n) is 0.708. The number of halogens is 4. The molecule has 66 valence electrons. The molecule has 0 amide bonds. The second-order valence-electron chi connectivity index (χ2n) is 2.01. The van der Waals surface area contributed by atoms with Crippen molar-refractivity contribution in [3.8, 4) is 0 Å². The van der Waals surface area contributed by atoms with Gasteiger partial charge in [0.1, 0.15) is 0 Å². The van der Waals surface area contributed by atoms with Gasteiger partial charge in [-0.15, -0.1) is 0 Å². The van der Waals surface area contributed by atoms with Crippen LogP contribution in [0.1, 0.15) is 15.4 Å². The van der Waals surface area contributed by atoms with Gasteiger partial charge in [-0.05, 0) is 12.9 Å². The third kappa shape index (κ3) is 1.77. The van der Waals surface area contributed by atoms with E-state index in [4.69, 9.17) is 4.11 Å². The molecule has 1 aromatic rings. The normalized spacial score (nSPS) is 16.5. The Morgan fingerprint density at radius 2 is 2.25 bits per heavy atom. The van der Waals surface area contributed by atoms with Crippen molar-refractivity contribution in [3.05, 3.63) is 28.0 Å². The largest absolute Gasteiger partial charge is 0.419 e. The summed E-state index contributed by atoms with van der Waals surface area (Å²) in [5.41, 5.74) is -2.19. The molecule has 12 heavy (non-hydrogen) atoms. The lowest BCUT2D eigenvalue weighted by Crippen LogP contribution is -2.09. The number of aromatic nitrogens is 1. The maximum Gasteiger partial charge on any atom is 0.419 e. The molecule has 0 bridgehead atoms. The van der Waals surface area contributed by atoms with Crippen molar-refractivity contribution >= 4 is 15.9 Å². The molecule has 0 aliphatic heterocycles. The highest BCUT2D eigenvalue weighted by Crippen LogP contribution is 2.35. The molecule has 0 saturated heterocycles. The SMILES string of the molecule is [2H]C([2H])([2H])c1nccc(Br)c1C(F)(F)F. The third-order valence-electron chi connectivity index (χ3n) is 1.18. The average molecular weight is 243 g/mol. The summed E-state index contributed by atoms with van der Waals surface area (Å²) in [4.78, 5) is 3.26. The summed E-state index contributed by atoms with van der Waals surface area (Å²) < 4.78 is 58.1. The van der Waals surface area contributed by atoms with Crippen LogP contribution in [-0.4, -0.2) is 4.98 Å². The highest BCUT2D eigenvalue weighted by atomic mass is 79.9. The van der Waals surface area contributed by atoms with Crippen molar-refractivity contribution in [1.29, 1.82) is 0 Å². The first-order valence-electron chi connectivity index (χ1n) is 4.36. The Labute approximate surface area is 80.0 Å². The summed E-state index contributed by atoms with van der Waals surface area (Å²) in [6.45, 7) is -2.88. The fourth-order valence-corrected chi connectivity index (χ4v) is 1.24. The van der Waals surface area contributed by atoms with Gasteiger partial charge >= 0.3 is 6.18 Å². The van der Waals surface area contributed by atoms with E-state index in [0.29, 0.717) is 0 Å². The highest BCUT2D eigenvalue weighted by molar-refractivity contribution is 9.10. The molecule has 1 rings (SSSR count). The number of nitrogens with zero attached hydrogens (tertiary/aromatic N) is 1. The molecule has 0 radical (unpaired) electrons. The van der Waals surface area contributed by atoms with Crippen molar-refractivity contribution in [2.24, 2.45) is 0 Å². The van der Waals surface area contributed by atoms with Gasteiger partial charge in [-0.1, -0.05) is 15.9 Å². The Bertz CT molecular complexity index is 375. The molecule has 1 heterocycles. The van der Waals surface area contributed by atoms with Gasteiger partial charge in [0.25, 0.3) is 0 Å². The van der Waals surface area contributed by atoms with E-state index in [1.165, 1.54) is 0 Å². The van der Waals surface area contributed by atoms with Crippen LogP contribution in [0.25, 0.3) is 0 Å². The number of alkyl halides is 3. The van der Waals surface area contributed by atoms with Gasteiger partial charge in [0.15, 0.2) is 0 Å². The van der Waals surface area contributed by atoms with E-state index in [1.807, 2.05) is 0 Å². The zero-order valence-electron chi connectivity index (χ0n) is 8.61. The van der Waals surface area contributed by atoms with Crippen molar-refractivity contribution in [3.63, 3.8) is 0 Å². The van der Waals surface area contributed by atoms with Gasteiger partial charge in [-0.2, -0.15) is 13.2 Å². The van der Waals surface area contributed by atoms with Crippen LogP contribution in [0.5, 0.6) is 0 Å². The Morgan fingerprint density at radius 3 is 2.67 bits per heavy atom. The number of hydrogen-bond donors (Lipinski definition) is 0. The minimum Gasteiger partial charge on any atom is -0.261 e. The maximum atomic E-state index is 12.5. The molecule has 0 fully saturated rings. The lowest BCUT2D eigenvalue weighted by atomic mass is 10.2. The molecular weight excluding hydrogens is 235 g/mol. The Kier molecular flexibility index (Phi) is 1.51. The van der Waals surface area contributed by atoms with E-state index in [2.05, 4.69) is 20.9 Å². The topological polar surface area (TPSA) is 12.9 Å². The van der Waals surface area contributed by atoms with Crippen LogP contribution in [0.2, 0.25) is 0 Å². The smallest absolute Gasteiger partial charge is 0.261 e. The van der Waals surface area contributed by atoms with Crippen molar-refractivity contribution in [2.75, 3.05) is 0 Å². The van der Waals surface area contributed by atoms with E-state index in [0.717, 1.165) is 12.3 Å². The Hall–Kier alpha value is -0.580. The number of rotatable bonds is 0. The number of hydrogen-bond acceptors (Lipinski definition) is 1. The molecule has 0 aliphatic rings.